The molecule has 0 bridgehead atoms. The van der Waals surface area contributed by atoms with Crippen LogP contribution < -0.4 is 9.47 Å². The maximum absolute atomic E-state index is 13.6. The summed E-state index contributed by atoms with van der Waals surface area (Å²) in [4.78, 5) is 31.9. The monoisotopic (exact) mass is 462 g/mol. The molecule has 7 heteroatoms. The first-order chi connectivity index (χ1) is 16.0. The van der Waals surface area contributed by atoms with Crippen LogP contribution in [0.4, 0.5) is 0 Å². The van der Waals surface area contributed by atoms with Crippen LogP contribution in [-0.4, -0.2) is 47.5 Å². The van der Waals surface area contributed by atoms with Crippen molar-refractivity contribution in [2.24, 2.45) is 0 Å². The normalized spacial score (nSPS) is 16.6. The maximum Gasteiger partial charge on any atom is 0.254 e. The lowest BCUT2D eigenvalue weighted by molar-refractivity contribution is -0.134. The lowest BCUT2D eigenvalue weighted by atomic mass is 9.93. The number of carbonyl (C=O) groups excluding carboxylic acids is 2. The molecule has 1 unspecified atom stereocenters. The van der Waals surface area contributed by atoms with Crippen molar-refractivity contribution in [2.45, 2.75) is 32.4 Å². The van der Waals surface area contributed by atoms with Gasteiger partial charge in [-0.3, -0.25) is 9.59 Å². The molecule has 5 rings (SSSR count). The number of hydrogen-bond acceptors (Lipinski definition) is 5. The number of thiophene rings is 1. The summed E-state index contributed by atoms with van der Waals surface area (Å²) in [6.45, 7) is 4.67. The Hall–Kier alpha value is -3.32. The molecule has 0 saturated carbocycles. The Kier molecular flexibility index (Phi) is 5.81. The van der Waals surface area contributed by atoms with Gasteiger partial charge in [-0.05, 0) is 61.0 Å². The average Bonchev–Trinajstić information content (AvgIpc) is 3.50. The fourth-order valence-corrected chi connectivity index (χ4v) is 5.40. The van der Waals surface area contributed by atoms with Gasteiger partial charge in [0.2, 0.25) is 12.7 Å². The summed E-state index contributed by atoms with van der Waals surface area (Å²) in [5.41, 5.74) is 2.76. The molecule has 0 N–H and O–H groups in total. The third-order valence-corrected chi connectivity index (χ3v) is 7.21. The van der Waals surface area contributed by atoms with Gasteiger partial charge in [-0.15, -0.1) is 11.3 Å². The Morgan fingerprint density at radius 1 is 1.09 bits per heavy atom. The molecule has 2 amide bonds. The van der Waals surface area contributed by atoms with Gasteiger partial charge in [-0.25, -0.2) is 0 Å². The first-order valence-electron chi connectivity index (χ1n) is 11.1. The quantitative estimate of drug-likeness (QED) is 0.560. The third kappa shape index (κ3) is 4.09. The Morgan fingerprint density at radius 2 is 1.88 bits per heavy atom. The van der Waals surface area contributed by atoms with Crippen LogP contribution in [0.25, 0.3) is 0 Å². The molecule has 1 atom stereocenters. The van der Waals surface area contributed by atoms with Crippen molar-refractivity contribution < 1.29 is 19.1 Å². The van der Waals surface area contributed by atoms with E-state index in [1.807, 2.05) is 36.9 Å². The molecular weight excluding hydrogens is 436 g/mol. The van der Waals surface area contributed by atoms with Crippen molar-refractivity contribution in [3.63, 3.8) is 0 Å². The van der Waals surface area contributed by atoms with Gasteiger partial charge in [0.25, 0.3) is 5.91 Å². The maximum atomic E-state index is 13.6. The van der Waals surface area contributed by atoms with Gasteiger partial charge >= 0.3 is 0 Å². The zero-order chi connectivity index (χ0) is 22.9. The van der Waals surface area contributed by atoms with E-state index in [2.05, 4.69) is 23.6 Å². The van der Waals surface area contributed by atoms with Crippen molar-refractivity contribution in [3.8, 4) is 11.5 Å². The number of carbonyl (C=O) groups is 2. The van der Waals surface area contributed by atoms with Gasteiger partial charge in [0.05, 0.1) is 6.04 Å². The minimum absolute atomic E-state index is 0.0216. The molecule has 0 fully saturated rings. The molecule has 0 aliphatic carbocycles. The number of nitrogens with zero attached hydrogens (tertiary/aromatic N) is 2. The highest BCUT2D eigenvalue weighted by molar-refractivity contribution is 7.10. The van der Waals surface area contributed by atoms with E-state index in [1.54, 1.807) is 34.4 Å². The fourth-order valence-electron chi connectivity index (χ4n) is 4.50. The lowest BCUT2D eigenvalue weighted by Gasteiger charge is -2.38. The average molecular weight is 463 g/mol. The number of hydrogen-bond donors (Lipinski definition) is 0. The molecule has 6 nitrogen and oxygen atoms in total. The van der Waals surface area contributed by atoms with Gasteiger partial charge in [-0.1, -0.05) is 30.3 Å². The first kappa shape index (κ1) is 21.5. The molecule has 2 aliphatic heterocycles. The summed E-state index contributed by atoms with van der Waals surface area (Å²) in [5, 5.41) is 2.10. The molecule has 0 radical (unpaired) electrons. The zero-order valence-corrected chi connectivity index (χ0v) is 19.5. The highest BCUT2D eigenvalue weighted by atomic mass is 32.1. The zero-order valence-electron chi connectivity index (χ0n) is 18.7. The van der Waals surface area contributed by atoms with Crippen LogP contribution in [0.15, 0.2) is 60.0 Å². The molecule has 0 spiro atoms. The number of fused-ring (bicyclic) bond motifs is 2. The topological polar surface area (TPSA) is 59.1 Å². The van der Waals surface area contributed by atoms with E-state index in [-0.39, 0.29) is 37.2 Å². The Labute approximate surface area is 197 Å². The predicted octanol–water partition coefficient (Wildman–Crippen LogP) is 4.50. The van der Waals surface area contributed by atoms with Crippen LogP contribution in [0.2, 0.25) is 0 Å². The van der Waals surface area contributed by atoms with Gasteiger partial charge in [0, 0.05) is 23.0 Å². The summed E-state index contributed by atoms with van der Waals surface area (Å²) in [5.74, 6) is 0.940. The van der Waals surface area contributed by atoms with E-state index in [0.29, 0.717) is 23.6 Å². The Bertz CT molecular complexity index is 1170. The Balaban J connectivity index is 1.41. The summed E-state index contributed by atoms with van der Waals surface area (Å²) in [6.07, 6.45) is 0.833. The molecular formula is C26H26N2O4S. The van der Waals surface area contributed by atoms with Crippen molar-refractivity contribution >= 4 is 23.2 Å². The van der Waals surface area contributed by atoms with E-state index in [4.69, 9.17) is 9.47 Å². The second kappa shape index (κ2) is 8.90. The molecule has 0 saturated heterocycles. The van der Waals surface area contributed by atoms with E-state index in [0.717, 1.165) is 12.0 Å². The molecule has 33 heavy (non-hydrogen) atoms. The number of amides is 2. The minimum atomic E-state index is -0.193. The van der Waals surface area contributed by atoms with Crippen molar-refractivity contribution in [1.82, 2.24) is 9.80 Å². The van der Waals surface area contributed by atoms with E-state index in [1.165, 1.54) is 10.4 Å². The van der Waals surface area contributed by atoms with Crippen LogP contribution in [0.3, 0.4) is 0 Å². The standard InChI is InChI=1S/C26H26N2O4S/c1-17(2)28(26(30)19-8-9-21-22(14-19)32-16-31-21)15-24(29)27-12-10-23-20(11-13-33-23)25(27)18-6-4-3-5-7-18/h3-9,11,13-14,17,25H,10,12,15-16H2,1-2H3. The largest absolute Gasteiger partial charge is 0.454 e. The smallest absolute Gasteiger partial charge is 0.254 e. The number of ether oxygens (including phenoxy) is 2. The van der Waals surface area contributed by atoms with E-state index in [9.17, 15) is 9.59 Å². The second-order valence-corrected chi connectivity index (χ2v) is 9.54. The van der Waals surface area contributed by atoms with Crippen LogP contribution in [-0.2, 0) is 11.2 Å². The molecule has 1 aromatic heterocycles. The SMILES string of the molecule is CC(C)N(CC(=O)N1CCc2sccc2C1c1ccccc1)C(=O)c1ccc2c(c1)OCO2. The summed E-state index contributed by atoms with van der Waals surface area (Å²) in [6, 6.07) is 17.1. The summed E-state index contributed by atoms with van der Waals surface area (Å²) in [7, 11) is 0. The lowest BCUT2D eigenvalue weighted by Crippen LogP contribution is -2.48. The van der Waals surface area contributed by atoms with E-state index >= 15 is 0 Å². The first-order valence-corrected chi connectivity index (χ1v) is 12.0. The van der Waals surface area contributed by atoms with Crippen LogP contribution in [0, 0.1) is 0 Å². The molecule has 3 heterocycles. The van der Waals surface area contributed by atoms with Gasteiger partial charge in [0.1, 0.15) is 6.54 Å². The van der Waals surface area contributed by atoms with Crippen LogP contribution >= 0.6 is 11.3 Å². The van der Waals surface area contributed by atoms with Crippen LogP contribution in [0.1, 0.15) is 46.3 Å². The molecule has 2 aromatic carbocycles. The summed E-state index contributed by atoms with van der Waals surface area (Å²) < 4.78 is 10.8. The number of benzene rings is 2. The van der Waals surface area contributed by atoms with Gasteiger partial charge in [-0.2, -0.15) is 0 Å². The van der Waals surface area contributed by atoms with E-state index < -0.39 is 0 Å². The molecule has 3 aromatic rings. The van der Waals surface area contributed by atoms with Gasteiger partial charge in [0.15, 0.2) is 11.5 Å². The minimum Gasteiger partial charge on any atom is -0.454 e. The third-order valence-electron chi connectivity index (χ3n) is 6.21. The van der Waals surface area contributed by atoms with Crippen molar-refractivity contribution in [2.75, 3.05) is 19.9 Å². The van der Waals surface area contributed by atoms with Gasteiger partial charge < -0.3 is 19.3 Å². The van der Waals surface area contributed by atoms with Crippen molar-refractivity contribution in [1.29, 1.82) is 0 Å². The fraction of sp³-hybridized carbons (Fsp3) is 0.308. The number of rotatable bonds is 5. The predicted molar refractivity (Wildman–Crippen MR) is 127 cm³/mol. The molecule has 2 aliphatic rings. The molecule has 170 valence electrons. The Morgan fingerprint density at radius 3 is 2.67 bits per heavy atom. The summed E-state index contributed by atoms with van der Waals surface area (Å²) >= 11 is 1.74. The highest BCUT2D eigenvalue weighted by Gasteiger charge is 2.34. The van der Waals surface area contributed by atoms with Crippen molar-refractivity contribution in [3.05, 3.63) is 81.5 Å². The second-order valence-electron chi connectivity index (χ2n) is 8.54. The van der Waals surface area contributed by atoms with Crippen LogP contribution in [0.5, 0.6) is 11.5 Å². The highest BCUT2D eigenvalue weighted by Crippen LogP contribution is 2.38.